The number of halogens is 4. The Bertz CT molecular complexity index is 822. The standard InChI is InChI=1S/C19H25F4NO4S/c1-2-10-24(13-6-4-3-5-7-13)14-11-15-17(28-29(25,26)19(21,22)23)9-8-16(20)18(15)27-12-14/h8-9,13-14H,2-7,10-12H2,1H3. The van der Waals surface area contributed by atoms with Gasteiger partial charge in [0, 0.05) is 17.6 Å². The molecule has 2 aliphatic rings. The maximum Gasteiger partial charge on any atom is 0.534 e. The van der Waals surface area contributed by atoms with Gasteiger partial charge in [0.1, 0.15) is 12.4 Å². The average molecular weight is 439 g/mol. The van der Waals surface area contributed by atoms with Crippen molar-refractivity contribution in [3.63, 3.8) is 0 Å². The van der Waals surface area contributed by atoms with Gasteiger partial charge in [0.25, 0.3) is 0 Å². The lowest BCUT2D eigenvalue weighted by Gasteiger charge is -2.41. The molecule has 1 heterocycles. The summed E-state index contributed by atoms with van der Waals surface area (Å²) < 4.78 is 85.3. The molecule has 0 amide bonds. The van der Waals surface area contributed by atoms with Crippen LogP contribution in [0, 0.1) is 5.82 Å². The predicted molar refractivity (Wildman–Crippen MR) is 98.9 cm³/mol. The fourth-order valence-electron chi connectivity index (χ4n) is 4.20. The number of nitrogens with zero attached hydrogens (tertiary/aromatic N) is 1. The van der Waals surface area contributed by atoms with Crippen LogP contribution in [0.5, 0.6) is 11.5 Å². The molecule has 0 radical (unpaired) electrons. The Balaban J connectivity index is 1.90. The molecule has 1 fully saturated rings. The normalized spacial score (nSPS) is 21.0. The molecular formula is C19H25F4NO4S. The summed E-state index contributed by atoms with van der Waals surface area (Å²) >= 11 is 0. The summed E-state index contributed by atoms with van der Waals surface area (Å²) in [5.41, 5.74) is -5.55. The van der Waals surface area contributed by atoms with Crippen LogP contribution in [-0.4, -0.2) is 44.1 Å². The van der Waals surface area contributed by atoms with Crippen LogP contribution in [0.2, 0.25) is 0 Å². The van der Waals surface area contributed by atoms with Crippen molar-refractivity contribution in [2.75, 3.05) is 13.2 Å². The molecule has 1 unspecified atom stereocenters. The number of hydrogen-bond donors (Lipinski definition) is 0. The first-order valence-corrected chi connectivity index (χ1v) is 11.3. The zero-order chi connectivity index (χ0) is 21.2. The molecule has 1 aliphatic carbocycles. The van der Waals surface area contributed by atoms with Crippen molar-refractivity contribution in [3.05, 3.63) is 23.5 Å². The predicted octanol–water partition coefficient (Wildman–Crippen LogP) is 4.40. The lowest BCUT2D eigenvalue weighted by Crippen LogP contribution is -2.49. The number of rotatable bonds is 6. The van der Waals surface area contributed by atoms with E-state index in [0.29, 0.717) is 6.04 Å². The lowest BCUT2D eigenvalue weighted by molar-refractivity contribution is -0.0500. The molecule has 0 N–H and O–H groups in total. The summed E-state index contributed by atoms with van der Waals surface area (Å²) in [6, 6.07) is 1.90. The van der Waals surface area contributed by atoms with E-state index in [2.05, 4.69) is 9.08 Å². The Labute approximate surface area is 168 Å². The van der Waals surface area contributed by atoms with Crippen LogP contribution in [0.25, 0.3) is 0 Å². The first kappa shape index (κ1) is 22.1. The second kappa shape index (κ2) is 8.67. The van der Waals surface area contributed by atoms with Crippen LogP contribution in [0.15, 0.2) is 12.1 Å². The maximum atomic E-state index is 14.2. The minimum atomic E-state index is -5.86. The van der Waals surface area contributed by atoms with Crippen molar-refractivity contribution >= 4 is 10.1 Å². The van der Waals surface area contributed by atoms with Crippen molar-refractivity contribution in [1.29, 1.82) is 0 Å². The van der Waals surface area contributed by atoms with Gasteiger partial charge in [0.15, 0.2) is 11.6 Å². The van der Waals surface area contributed by atoms with Crippen molar-refractivity contribution < 1.29 is 34.9 Å². The van der Waals surface area contributed by atoms with Crippen LogP contribution in [0.4, 0.5) is 17.6 Å². The highest BCUT2D eigenvalue weighted by molar-refractivity contribution is 7.88. The minimum absolute atomic E-state index is 0.0194. The first-order chi connectivity index (χ1) is 13.6. The molecule has 3 rings (SSSR count). The van der Waals surface area contributed by atoms with Gasteiger partial charge in [-0.2, -0.15) is 21.6 Å². The Kier molecular flexibility index (Phi) is 6.62. The molecule has 29 heavy (non-hydrogen) atoms. The van der Waals surface area contributed by atoms with E-state index in [0.717, 1.165) is 50.8 Å². The Hall–Kier alpha value is -1.55. The van der Waals surface area contributed by atoms with Gasteiger partial charge < -0.3 is 8.92 Å². The third-order valence-corrected chi connectivity index (χ3v) is 6.47. The van der Waals surface area contributed by atoms with E-state index >= 15 is 0 Å². The monoisotopic (exact) mass is 439 g/mol. The highest BCUT2D eigenvalue weighted by Gasteiger charge is 2.49. The first-order valence-electron chi connectivity index (χ1n) is 9.84. The SMILES string of the molecule is CCCN(C1CCCCC1)C1COc2c(F)ccc(OS(=O)(=O)C(F)(F)F)c2C1. The Morgan fingerprint density at radius 2 is 1.86 bits per heavy atom. The summed E-state index contributed by atoms with van der Waals surface area (Å²) in [6.07, 6.45) is 6.50. The van der Waals surface area contributed by atoms with Gasteiger partial charge in [-0.3, -0.25) is 4.90 Å². The van der Waals surface area contributed by atoms with Crippen molar-refractivity contribution in [3.8, 4) is 11.5 Å². The zero-order valence-corrected chi connectivity index (χ0v) is 17.0. The molecule has 1 saturated carbocycles. The molecule has 1 aliphatic heterocycles. The summed E-state index contributed by atoms with van der Waals surface area (Å²) in [5.74, 6) is -1.53. The summed E-state index contributed by atoms with van der Waals surface area (Å²) in [7, 11) is -5.86. The van der Waals surface area contributed by atoms with Gasteiger partial charge in [0.2, 0.25) is 0 Å². The Morgan fingerprint density at radius 1 is 1.17 bits per heavy atom. The molecule has 0 spiro atoms. The van der Waals surface area contributed by atoms with Crippen molar-refractivity contribution in [2.24, 2.45) is 0 Å². The average Bonchev–Trinajstić information content (AvgIpc) is 2.68. The minimum Gasteiger partial charge on any atom is -0.488 e. The van der Waals surface area contributed by atoms with Crippen LogP contribution < -0.4 is 8.92 Å². The molecule has 0 saturated heterocycles. The van der Waals surface area contributed by atoms with Crippen molar-refractivity contribution in [2.45, 2.75) is 69.5 Å². The molecule has 1 aromatic rings. The second-order valence-electron chi connectivity index (χ2n) is 7.54. The molecule has 0 aromatic heterocycles. The van der Waals surface area contributed by atoms with Crippen molar-refractivity contribution in [1.82, 2.24) is 4.90 Å². The number of ether oxygens (including phenoxy) is 1. The fraction of sp³-hybridized carbons (Fsp3) is 0.684. The van der Waals surface area contributed by atoms with Crippen LogP contribution >= 0.6 is 0 Å². The van der Waals surface area contributed by atoms with E-state index in [4.69, 9.17) is 4.74 Å². The van der Waals surface area contributed by atoms with E-state index in [1.165, 1.54) is 6.42 Å². The third-order valence-electron chi connectivity index (χ3n) is 5.51. The molecular weight excluding hydrogens is 414 g/mol. The van der Waals surface area contributed by atoms with E-state index < -0.39 is 27.2 Å². The largest absolute Gasteiger partial charge is 0.534 e. The molecule has 1 atom stereocenters. The number of alkyl halides is 3. The lowest BCUT2D eigenvalue weighted by atomic mass is 9.91. The number of fused-ring (bicyclic) bond motifs is 1. The van der Waals surface area contributed by atoms with E-state index in [1.807, 2.05) is 6.92 Å². The van der Waals surface area contributed by atoms with Gasteiger partial charge >= 0.3 is 15.6 Å². The summed E-state index contributed by atoms with van der Waals surface area (Å²) in [5, 5.41) is 0. The fourth-order valence-corrected chi connectivity index (χ4v) is 4.68. The van der Waals surface area contributed by atoms with E-state index in [-0.39, 0.29) is 30.4 Å². The van der Waals surface area contributed by atoms with Gasteiger partial charge in [-0.05, 0) is 44.4 Å². The van der Waals surface area contributed by atoms with Gasteiger partial charge in [-0.25, -0.2) is 4.39 Å². The number of hydrogen-bond acceptors (Lipinski definition) is 5. The molecule has 164 valence electrons. The van der Waals surface area contributed by atoms with Crippen LogP contribution in [0.3, 0.4) is 0 Å². The van der Waals surface area contributed by atoms with Crippen LogP contribution in [0.1, 0.15) is 51.0 Å². The highest BCUT2D eigenvalue weighted by Crippen LogP contribution is 2.39. The topological polar surface area (TPSA) is 55.8 Å². The van der Waals surface area contributed by atoms with E-state index in [9.17, 15) is 26.0 Å². The molecule has 1 aromatic carbocycles. The summed E-state index contributed by atoms with van der Waals surface area (Å²) in [6.45, 7) is 3.01. The number of benzene rings is 1. The van der Waals surface area contributed by atoms with Crippen LogP contribution in [-0.2, 0) is 16.5 Å². The molecule has 0 bridgehead atoms. The quantitative estimate of drug-likeness (QED) is 0.374. The van der Waals surface area contributed by atoms with Gasteiger partial charge in [-0.1, -0.05) is 26.2 Å². The van der Waals surface area contributed by atoms with E-state index in [1.54, 1.807) is 0 Å². The molecule has 10 heteroatoms. The highest BCUT2D eigenvalue weighted by atomic mass is 32.2. The molecule has 5 nitrogen and oxygen atoms in total. The second-order valence-corrected chi connectivity index (χ2v) is 9.07. The third kappa shape index (κ3) is 4.79. The smallest absolute Gasteiger partial charge is 0.488 e. The summed E-state index contributed by atoms with van der Waals surface area (Å²) in [4.78, 5) is 2.27. The zero-order valence-electron chi connectivity index (χ0n) is 16.2. The maximum absolute atomic E-state index is 14.2. The van der Waals surface area contributed by atoms with Gasteiger partial charge in [0.05, 0.1) is 0 Å². The van der Waals surface area contributed by atoms with Gasteiger partial charge in [-0.15, -0.1) is 0 Å². The Morgan fingerprint density at radius 3 is 2.48 bits per heavy atom.